The van der Waals surface area contributed by atoms with Crippen LogP contribution in [-0.4, -0.2) is 15.8 Å². The first kappa shape index (κ1) is 15.3. The lowest BCUT2D eigenvalue weighted by Crippen LogP contribution is -2.03. The van der Waals surface area contributed by atoms with Gasteiger partial charge in [0.05, 0.1) is 11.0 Å². The zero-order chi connectivity index (χ0) is 14.8. The molecular weight excluding hydrogens is 307 g/mol. The molecule has 0 amide bonds. The molecule has 0 saturated carbocycles. The maximum absolute atomic E-state index is 12.4. The van der Waals surface area contributed by atoms with Gasteiger partial charge in [0.25, 0.3) is 0 Å². The maximum Gasteiger partial charge on any atom is 0.443 e. The number of alkyl halides is 3. The lowest BCUT2D eigenvalue weighted by Gasteiger charge is -2.09. The van der Waals surface area contributed by atoms with Gasteiger partial charge in [0.15, 0.2) is 5.01 Å². The van der Waals surface area contributed by atoms with Gasteiger partial charge in [-0.1, -0.05) is 18.2 Å². The Bertz CT molecular complexity index is 583. The molecule has 0 aliphatic rings. The molecule has 0 saturated heterocycles. The van der Waals surface area contributed by atoms with E-state index in [-0.39, 0.29) is 4.88 Å². The summed E-state index contributed by atoms with van der Waals surface area (Å²) in [5, 5.41) is 9.01. The standard InChI is InChI=1S/C13H12F3NOS2/c1-8-4-2-3-5-10(8)19-7-9(18)11-6-17-12(20-11)13(14,15)16/h2-6,9,18H,7H2,1H3. The molecule has 0 aliphatic carbocycles. The summed E-state index contributed by atoms with van der Waals surface area (Å²) in [6.45, 7) is 1.95. The number of aromatic nitrogens is 1. The highest BCUT2D eigenvalue weighted by Crippen LogP contribution is 2.35. The second kappa shape index (κ2) is 6.15. The van der Waals surface area contributed by atoms with E-state index in [0.717, 1.165) is 16.7 Å². The van der Waals surface area contributed by atoms with Crippen LogP contribution in [-0.2, 0) is 6.18 Å². The van der Waals surface area contributed by atoms with E-state index in [1.807, 2.05) is 31.2 Å². The van der Waals surface area contributed by atoms with Crippen molar-refractivity contribution in [3.05, 3.63) is 45.9 Å². The number of rotatable bonds is 4. The number of thiazole rings is 1. The minimum absolute atomic E-state index is 0.235. The van der Waals surface area contributed by atoms with E-state index < -0.39 is 17.3 Å². The Hall–Kier alpha value is -1.05. The van der Waals surface area contributed by atoms with Crippen LogP contribution in [0.1, 0.15) is 21.6 Å². The number of hydrogen-bond donors (Lipinski definition) is 1. The fraction of sp³-hybridized carbons (Fsp3) is 0.308. The molecule has 0 fully saturated rings. The van der Waals surface area contributed by atoms with Crippen molar-refractivity contribution in [1.82, 2.24) is 4.98 Å². The van der Waals surface area contributed by atoms with Crippen LogP contribution in [0, 0.1) is 6.92 Å². The molecular formula is C13H12F3NOS2. The Morgan fingerprint density at radius 1 is 1.35 bits per heavy atom. The average molecular weight is 319 g/mol. The first-order valence-electron chi connectivity index (χ1n) is 5.77. The molecule has 0 radical (unpaired) electrons. The fourth-order valence-corrected chi connectivity index (χ4v) is 3.40. The quantitative estimate of drug-likeness (QED) is 0.853. The molecule has 0 bridgehead atoms. The number of halogens is 3. The summed E-state index contributed by atoms with van der Waals surface area (Å²) in [5.74, 6) is 0.296. The van der Waals surface area contributed by atoms with Gasteiger partial charge in [-0.05, 0) is 18.6 Å². The van der Waals surface area contributed by atoms with E-state index in [9.17, 15) is 18.3 Å². The van der Waals surface area contributed by atoms with Gasteiger partial charge in [0.1, 0.15) is 0 Å². The molecule has 2 rings (SSSR count). The number of thioether (sulfide) groups is 1. The zero-order valence-electron chi connectivity index (χ0n) is 10.5. The molecule has 2 aromatic rings. The largest absolute Gasteiger partial charge is 0.443 e. The van der Waals surface area contributed by atoms with Crippen molar-refractivity contribution in [3.8, 4) is 0 Å². The van der Waals surface area contributed by atoms with Crippen molar-refractivity contribution in [2.75, 3.05) is 5.75 Å². The molecule has 0 aliphatic heterocycles. The van der Waals surface area contributed by atoms with Crippen molar-refractivity contribution < 1.29 is 18.3 Å². The van der Waals surface area contributed by atoms with Crippen LogP contribution in [0.4, 0.5) is 13.2 Å². The van der Waals surface area contributed by atoms with E-state index in [2.05, 4.69) is 4.98 Å². The van der Waals surface area contributed by atoms with Crippen LogP contribution in [0.2, 0.25) is 0 Å². The molecule has 7 heteroatoms. The Morgan fingerprint density at radius 3 is 2.65 bits per heavy atom. The number of aryl methyl sites for hydroxylation is 1. The van der Waals surface area contributed by atoms with Gasteiger partial charge >= 0.3 is 6.18 Å². The summed E-state index contributed by atoms with van der Waals surface area (Å²) in [4.78, 5) is 4.55. The summed E-state index contributed by atoms with van der Waals surface area (Å²) < 4.78 is 37.3. The van der Waals surface area contributed by atoms with Gasteiger partial charge < -0.3 is 5.11 Å². The third-order valence-corrected chi connectivity index (χ3v) is 4.98. The fourth-order valence-electron chi connectivity index (χ4n) is 1.54. The Kier molecular flexibility index (Phi) is 4.72. The number of nitrogens with zero attached hydrogens (tertiary/aromatic N) is 1. The van der Waals surface area contributed by atoms with Gasteiger partial charge in [0.2, 0.25) is 0 Å². The monoisotopic (exact) mass is 319 g/mol. The Labute approximate surface area is 122 Å². The van der Waals surface area contributed by atoms with Crippen molar-refractivity contribution in [2.45, 2.75) is 24.1 Å². The molecule has 1 aromatic heterocycles. The van der Waals surface area contributed by atoms with Gasteiger partial charge in [-0.25, -0.2) is 4.98 Å². The molecule has 1 heterocycles. The van der Waals surface area contributed by atoms with E-state index >= 15 is 0 Å². The van der Waals surface area contributed by atoms with Gasteiger partial charge in [-0.15, -0.1) is 23.1 Å². The van der Waals surface area contributed by atoms with Crippen LogP contribution in [0.15, 0.2) is 35.4 Å². The summed E-state index contributed by atoms with van der Waals surface area (Å²) in [7, 11) is 0. The highest BCUT2D eigenvalue weighted by atomic mass is 32.2. The number of aliphatic hydroxyl groups excluding tert-OH is 1. The number of aliphatic hydroxyl groups is 1. The van der Waals surface area contributed by atoms with Gasteiger partial charge in [-0.2, -0.15) is 13.2 Å². The lowest BCUT2D eigenvalue weighted by atomic mass is 10.2. The molecule has 2 nitrogen and oxygen atoms in total. The molecule has 0 spiro atoms. The lowest BCUT2D eigenvalue weighted by molar-refractivity contribution is -0.137. The van der Waals surface area contributed by atoms with Crippen molar-refractivity contribution in [1.29, 1.82) is 0 Å². The Morgan fingerprint density at radius 2 is 2.05 bits per heavy atom. The number of hydrogen-bond acceptors (Lipinski definition) is 4. The highest BCUT2D eigenvalue weighted by Gasteiger charge is 2.35. The smallest absolute Gasteiger partial charge is 0.387 e. The summed E-state index contributed by atoms with van der Waals surface area (Å²) in [6.07, 6.45) is -4.31. The van der Waals surface area contributed by atoms with Crippen LogP contribution in [0.3, 0.4) is 0 Å². The minimum atomic E-state index is -4.45. The van der Waals surface area contributed by atoms with Crippen LogP contribution < -0.4 is 0 Å². The van der Waals surface area contributed by atoms with Crippen LogP contribution in [0.25, 0.3) is 0 Å². The Balaban J connectivity index is 2.00. The molecule has 1 unspecified atom stereocenters. The molecule has 1 N–H and O–H groups in total. The zero-order valence-corrected chi connectivity index (χ0v) is 12.1. The highest BCUT2D eigenvalue weighted by molar-refractivity contribution is 7.99. The maximum atomic E-state index is 12.4. The molecule has 20 heavy (non-hydrogen) atoms. The predicted molar refractivity (Wildman–Crippen MR) is 74.0 cm³/mol. The first-order valence-corrected chi connectivity index (χ1v) is 7.57. The average Bonchev–Trinajstić information content (AvgIpc) is 2.87. The van der Waals surface area contributed by atoms with E-state index in [1.54, 1.807) is 0 Å². The summed E-state index contributed by atoms with van der Waals surface area (Å²) in [5.41, 5.74) is 1.07. The third kappa shape index (κ3) is 3.74. The molecule has 108 valence electrons. The molecule has 1 aromatic carbocycles. The van der Waals surface area contributed by atoms with E-state index in [0.29, 0.717) is 17.1 Å². The summed E-state index contributed by atoms with van der Waals surface area (Å²) >= 11 is 1.90. The molecule has 1 atom stereocenters. The predicted octanol–water partition coefficient (Wildman–Crippen LogP) is 4.30. The van der Waals surface area contributed by atoms with Crippen molar-refractivity contribution >= 4 is 23.1 Å². The minimum Gasteiger partial charge on any atom is -0.387 e. The normalized spacial score (nSPS) is 13.4. The first-order chi connectivity index (χ1) is 9.38. The second-order valence-corrected chi connectivity index (χ2v) is 6.28. The topological polar surface area (TPSA) is 33.1 Å². The van der Waals surface area contributed by atoms with E-state index in [1.165, 1.54) is 11.8 Å². The van der Waals surface area contributed by atoms with Gasteiger partial charge in [-0.3, -0.25) is 0 Å². The summed E-state index contributed by atoms with van der Waals surface area (Å²) in [6, 6.07) is 7.66. The van der Waals surface area contributed by atoms with Crippen LogP contribution >= 0.6 is 23.1 Å². The van der Waals surface area contributed by atoms with Crippen LogP contribution in [0.5, 0.6) is 0 Å². The third-order valence-electron chi connectivity index (χ3n) is 2.58. The second-order valence-electron chi connectivity index (χ2n) is 4.16. The van der Waals surface area contributed by atoms with E-state index in [4.69, 9.17) is 0 Å². The number of benzene rings is 1. The van der Waals surface area contributed by atoms with Crippen molar-refractivity contribution in [3.63, 3.8) is 0 Å². The SMILES string of the molecule is Cc1ccccc1SCC(O)c1cnc(C(F)(F)F)s1. The van der Waals surface area contributed by atoms with Gasteiger partial charge in [0, 0.05) is 16.8 Å². The van der Waals surface area contributed by atoms with Crippen molar-refractivity contribution in [2.24, 2.45) is 0 Å².